The van der Waals surface area contributed by atoms with Crippen LogP contribution in [-0.4, -0.2) is 120 Å². The van der Waals surface area contributed by atoms with Crippen LogP contribution in [0.5, 0.6) is 11.6 Å². The second-order valence-electron chi connectivity index (χ2n) is 19.9. The molecule has 2 aromatic rings. The quantitative estimate of drug-likeness (QED) is 0.179. The van der Waals surface area contributed by atoms with E-state index in [1.54, 1.807) is 11.8 Å². The van der Waals surface area contributed by atoms with Gasteiger partial charge in [0.2, 0.25) is 27.7 Å². The van der Waals surface area contributed by atoms with Gasteiger partial charge in [-0.2, -0.15) is 0 Å². The number of sulfonamides is 1. The highest BCUT2D eigenvalue weighted by Gasteiger charge is 2.63. The SMILES string of the molecule is C=C[C@@H]1C[C@]1(NC(=O)[C@@H]1C[C@@H]2CN1C(=O)[C@H](C1CCCCC1)NC(=O)O[C@@H]1C[C@H]1CCCCCc1c(nc3ccccc3c1OCCCN1CC(F)(F)C1)O2)C(=O)NS(=O)(=O)C1(C)CC1. The third-order valence-corrected chi connectivity index (χ3v) is 17.1. The van der Waals surface area contributed by atoms with Gasteiger partial charge in [-0.3, -0.25) is 24.0 Å². The summed E-state index contributed by atoms with van der Waals surface area (Å²) in [6.45, 7) is 5.57. The first-order valence-electron chi connectivity index (χ1n) is 23.7. The molecule has 4 aliphatic carbocycles. The number of carbonyl (C=O) groups is 4. The van der Waals surface area contributed by atoms with Gasteiger partial charge in [0.05, 0.1) is 42.1 Å². The van der Waals surface area contributed by atoms with E-state index in [9.17, 15) is 31.6 Å². The Bertz CT molecular complexity index is 2300. The molecule has 18 heteroatoms. The van der Waals surface area contributed by atoms with E-state index in [0.717, 1.165) is 62.3 Å². The first kappa shape index (κ1) is 45.6. The molecule has 6 fully saturated rings. The van der Waals surface area contributed by atoms with E-state index in [4.69, 9.17) is 19.2 Å². The molecular formula is C47H62F2N6O9S. The van der Waals surface area contributed by atoms with Gasteiger partial charge < -0.3 is 29.7 Å². The molecule has 3 N–H and O–H groups in total. The summed E-state index contributed by atoms with van der Waals surface area (Å²) < 4.78 is 74.0. The Hall–Kier alpha value is -4.58. The van der Waals surface area contributed by atoms with Crippen LogP contribution in [0.1, 0.15) is 109 Å². The first-order valence-corrected chi connectivity index (χ1v) is 25.2. The number of carbonyl (C=O) groups excluding carboxylic acids is 4. The predicted octanol–water partition coefficient (Wildman–Crippen LogP) is 5.54. The molecule has 4 heterocycles. The monoisotopic (exact) mass is 924 g/mol. The lowest BCUT2D eigenvalue weighted by Gasteiger charge is -2.38. The number of alkyl carbamates (subject to hydrolysis) is 1. The molecule has 4 amide bonds. The standard InChI is InChI=1S/C47H62F2N6O9S/c1-3-31-25-47(31,43(58)53-65(60,61)45(2)19-20-45)52-40(56)36-24-32-26-55(36)42(57)38(29-13-6-4-7-14-29)51-44(59)64-37-23-30(37)15-8-5-9-17-34-39(62-22-12-21-54-27-46(48,49)28-54)33-16-10-11-18-35(33)50-41(34)63-32/h3,10-11,16,18,29-32,36-38H,1,4-9,12-15,17,19-28H2,2H3,(H,51,59)(H,52,56)(H,53,58)/t30-,31-,32-,36+,37-,38+,47-/m1/s1. The van der Waals surface area contributed by atoms with Crippen LogP contribution in [0.15, 0.2) is 36.9 Å². The number of likely N-dealkylation sites (tertiary alicyclic amines) is 1. The summed E-state index contributed by atoms with van der Waals surface area (Å²) in [5, 5.41) is 6.58. The van der Waals surface area contributed by atoms with Crippen molar-refractivity contribution in [3.8, 4) is 11.6 Å². The summed E-state index contributed by atoms with van der Waals surface area (Å²) in [7, 11) is -4.04. The lowest BCUT2D eigenvalue weighted by Crippen LogP contribution is -2.59. The van der Waals surface area contributed by atoms with E-state index in [2.05, 4.69) is 21.9 Å². The maximum atomic E-state index is 15.1. The van der Waals surface area contributed by atoms with Crippen LogP contribution in [-0.2, 0) is 35.6 Å². The number of halogens is 2. The lowest BCUT2D eigenvalue weighted by atomic mass is 9.83. The minimum absolute atomic E-state index is 0.000587. The molecule has 1 aromatic carbocycles. The summed E-state index contributed by atoms with van der Waals surface area (Å²) in [5.74, 6) is -4.29. The third-order valence-electron chi connectivity index (χ3n) is 15.0. The molecule has 1 aromatic heterocycles. The molecule has 2 saturated heterocycles. The zero-order valence-electron chi connectivity index (χ0n) is 37.2. The normalized spacial score (nSPS) is 31.3. The van der Waals surface area contributed by atoms with Crippen molar-refractivity contribution in [1.29, 1.82) is 0 Å². The number of hydrogen-bond donors (Lipinski definition) is 3. The van der Waals surface area contributed by atoms with Gasteiger partial charge in [0.1, 0.15) is 35.6 Å². The number of benzene rings is 1. The molecule has 0 unspecified atom stereocenters. The van der Waals surface area contributed by atoms with Crippen molar-refractivity contribution in [3.63, 3.8) is 0 Å². The van der Waals surface area contributed by atoms with Gasteiger partial charge in [0.25, 0.3) is 11.8 Å². The number of hydrogen-bond acceptors (Lipinski definition) is 11. The molecule has 354 valence electrons. The fourth-order valence-electron chi connectivity index (χ4n) is 10.4. The summed E-state index contributed by atoms with van der Waals surface area (Å²) in [6, 6.07) is 5.38. The molecule has 15 nitrogen and oxygen atoms in total. The largest absolute Gasteiger partial charge is 0.492 e. The van der Waals surface area contributed by atoms with Gasteiger partial charge in [-0.1, -0.05) is 50.3 Å². The van der Waals surface area contributed by atoms with Crippen molar-refractivity contribution in [2.75, 3.05) is 32.8 Å². The Labute approximate surface area is 379 Å². The second-order valence-corrected chi connectivity index (χ2v) is 22.1. The number of fused-ring (bicyclic) bond motifs is 5. The number of nitrogens with one attached hydrogen (secondary N) is 3. The second kappa shape index (κ2) is 17.9. The third kappa shape index (κ3) is 9.66. The van der Waals surface area contributed by atoms with E-state index < -0.39 is 74.2 Å². The highest BCUT2D eigenvalue weighted by molar-refractivity contribution is 7.91. The van der Waals surface area contributed by atoms with Crippen LogP contribution in [0, 0.1) is 17.8 Å². The van der Waals surface area contributed by atoms with Crippen LogP contribution in [0.4, 0.5) is 13.6 Å². The number of amides is 4. The Balaban J connectivity index is 1.03. The Morgan fingerprint density at radius 1 is 1.02 bits per heavy atom. The van der Waals surface area contributed by atoms with Gasteiger partial charge >= 0.3 is 6.09 Å². The van der Waals surface area contributed by atoms with Gasteiger partial charge in [-0.15, -0.1) is 6.58 Å². The number of para-hydroxylation sites is 1. The molecule has 2 bridgehead atoms. The number of aromatic nitrogens is 1. The van der Waals surface area contributed by atoms with E-state index in [0.29, 0.717) is 62.2 Å². The summed E-state index contributed by atoms with van der Waals surface area (Å²) >= 11 is 0. The van der Waals surface area contributed by atoms with Crippen LogP contribution < -0.4 is 24.8 Å². The molecule has 0 radical (unpaired) electrons. The van der Waals surface area contributed by atoms with Crippen molar-refractivity contribution in [2.24, 2.45) is 17.8 Å². The molecule has 65 heavy (non-hydrogen) atoms. The van der Waals surface area contributed by atoms with Crippen molar-refractivity contribution in [2.45, 2.75) is 150 Å². The first-order chi connectivity index (χ1) is 31.1. The van der Waals surface area contributed by atoms with E-state index in [-0.39, 0.29) is 57.0 Å². The molecule has 4 saturated carbocycles. The molecular weight excluding hydrogens is 863 g/mol. The number of rotatable bonds is 12. The molecule has 3 aliphatic heterocycles. The van der Waals surface area contributed by atoms with Crippen LogP contribution in [0.3, 0.4) is 0 Å². The van der Waals surface area contributed by atoms with Crippen molar-refractivity contribution >= 4 is 44.7 Å². The summed E-state index contributed by atoms with van der Waals surface area (Å²) in [5.41, 5.74) is -0.254. The Morgan fingerprint density at radius 2 is 1.74 bits per heavy atom. The minimum atomic E-state index is -4.04. The fraction of sp³-hybridized carbons (Fsp3) is 0.681. The average molecular weight is 925 g/mol. The maximum Gasteiger partial charge on any atom is 0.408 e. The van der Waals surface area contributed by atoms with Crippen LogP contribution in [0.2, 0.25) is 0 Å². The highest BCUT2D eigenvalue weighted by atomic mass is 32.2. The van der Waals surface area contributed by atoms with Crippen LogP contribution >= 0.6 is 0 Å². The van der Waals surface area contributed by atoms with Crippen molar-refractivity contribution < 1.29 is 50.6 Å². The summed E-state index contributed by atoms with van der Waals surface area (Å²) in [6.07, 6.45) is 10.2. The maximum absolute atomic E-state index is 15.1. The van der Waals surface area contributed by atoms with Crippen molar-refractivity contribution in [3.05, 3.63) is 42.5 Å². The minimum Gasteiger partial charge on any atom is -0.492 e. The predicted molar refractivity (Wildman–Crippen MR) is 236 cm³/mol. The average Bonchev–Trinajstić information content (AvgIpc) is 4.23. The molecule has 0 spiro atoms. The fourth-order valence-corrected chi connectivity index (χ4v) is 11.8. The van der Waals surface area contributed by atoms with Gasteiger partial charge in [0, 0.05) is 24.3 Å². The van der Waals surface area contributed by atoms with E-state index >= 15 is 4.79 Å². The van der Waals surface area contributed by atoms with Gasteiger partial charge in [-0.25, -0.2) is 27.0 Å². The summed E-state index contributed by atoms with van der Waals surface area (Å²) in [4.78, 5) is 65.4. The molecule has 7 atom stereocenters. The van der Waals surface area contributed by atoms with Crippen molar-refractivity contribution in [1.82, 2.24) is 30.1 Å². The zero-order chi connectivity index (χ0) is 45.7. The van der Waals surface area contributed by atoms with E-state index in [1.807, 2.05) is 24.3 Å². The Kier molecular flexibility index (Phi) is 12.6. The highest BCUT2D eigenvalue weighted by Crippen LogP contribution is 2.48. The number of nitrogens with zero attached hydrogens (tertiary/aromatic N) is 3. The molecule has 7 aliphatic rings. The van der Waals surface area contributed by atoms with Gasteiger partial charge in [0.15, 0.2) is 0 Å². The molecule has 9 rings (SSSR count). The number of ether oxygens (including phenoxy) is 3. The smallest absolute Gasteiger partial charge is 0.408 e. The van der Waals surface area contributed by atoms with Crippen LogP contribution in [0.25, 0.3) is 10.9 Å². The van der Waals surface area contributed by atoms with E-state index in [1.165, 1.54) is 11.0 Å². The lowest BCUT2D eigenvalue weighted by molar-refractivity contribution is -0.142. The Morgan fingerprint density at radius 3 is 2.45 bits per heavy atom. The topological polar surface area (TPSA) is 186 Å². The number of pyridine rings is 1. The number of alkyl halides is 2. The van der Waals surface area contributed by atoms with Gasteiger partial charge in [-0.05, 0) is 95.1 Å². The zero-order valence-corrected chi connectivity index (χ0v) is 38.0.